The smallest absolute Gasteiger partial charge is 0.239 e. The molecule has 1 aliphatic rings. The highest BCUT2D eigenvalue weighted by Crippen LogP contribution is 2.07. The minimum atomic E-state index is -0.106. The number of carbonyl (C=O) groups excluding carboxylic acids is 2. The van der Waals surface area contributed by atoms with Crippen LogP contribution in [0.2, 0.25) is 0 Å². The van der Waals surface area contributed by atoms with Gasteiger partial charge in [0.15, 0.2) is 5.82 Å². The summed E-state index contributed by atoms with van der Waals surface area (Å²) in [6.07, 6.45) is 0. The van der Waals surface area contributed by atoms with Crippen molar-refractivity contribution in [3.05, 3.63) is 11.8 Å². The molecule has 1 aromatic rings. The van der Waals surface area contributed by atoms with E-state index in [2.05, 4.69) is 25.6 Å². The summed E-state index contributed by atoms with van der Waals surface area (Å²) in [5.41, 5.74) is 0. The molecule has 1 aliphatic heterocycles. The van der Waals surface area contributed by atoms with E-state index in [9.17, 15) is 9.59 Å². The van der Waals surface area contributed by atoms with E-state index in [1.54, 1.807) is 13.0 Å². The molecule has 122 valence electrons. The van der Waals surface area contributed by atoms with Crippen molar-refractivity contribution in [3.8, 4) is 0 Å². The Morgan fingerprint density at radius 1 is 1.18 bits per heavy atom. The van der Waals surface area contributed by atoms with E-state index in [-0.39, 0.29) is 11.8 Å². The molecule has 0 spiro atoms. The van der Waals surface area contributed by atoms with Crippen molar-refractivity contribution in [2.45, 2.75) is 13.8 Å². The Morgan fingerprint density at radius 2 is 1.77 bits per heavy atom. The van der Waals surface area contributed by atoms with Gasteiger partial charge >= 0.3 is 0 Å². The molecule has 0 unspecified atom stereocenters. The highest BCUT2D eigenvalue weighted by molar-refractivity contribution is 5.91. The Hall–Kier alpha value is -1.93. The zero-order chi connectivity index (χ0) is 15.9. The summed E-state index contributed by atoms with van der Waals surface area (Å²) in [6.45, 7) is 8.19. The third kappa shape index (κ3) is 5.12. The molecule has 1 aromatic heterocycles. The number of hydrogen-bond donors (Lipinski definition) is 2. The number of aryl methyl sites for hydroxylation is 1. The van der Waals surface area contributed by atoms with Crippen molar-refractivity contribution < 1.29 is 14.1 Å². The van der Waals surface area contributed by atoms with Crippen molar-refractivity contribution >= 4 is 17.6 Å². The van der Waals surface area contributed by atoms with Crippen LogP contribution >= 0.6 is 0 Å². The van der Waals surface area contributed by atoms with Gasteiger partial charge < -0.3 is 15.2 Å². The molecule has 1 saturated heterocycles. The molecule has 8 nitrogen and oxygen atoms in total. The van der Waals surface area contributed by atoms with E-state index < -0.39 is 0 Å². The van der Waals surface area contributed by atoms with Gasteiger partial charge in [0.1, 0.15) is 5.76 Å². The number of nitrogens with one attached hydrogen (secondary N) is 2. The molecule has 0 radical (unpaired) electrons. The second-order valence-corrected chi connectivity index (χ2v) is 5.38. The Bertz CT molecular complexity index is 508. The number of amides is 2. The van der Waals surface area contributed by atoms with Crippen LogP contribution in [0.15, 0.2) is 10.6 Å². The molecule has 0 aliphatic carbocycles. The zero-order valence-corrected chi connectivity index (χ0v) is 13.1. The average molecular weight is 309 g/mol. The van der Waals surface area contributed by atoms with Gasteiger partial charge in [-0.2, -0.15) is 0 Å². The first-order valence-electron chi connectivity index (χ1n) is 7.51. The van der Waals surface area contributed by atoms with Crippen LogP contribution in [0, 0.1) is 6.92 Å². The first-order chi connectivity index (χ1) is 10.6. The normalized spacial score (nSPS) is 16.5. The van der Waals surface area contributed by atoms with E-state index in [1.165, 1.54) is 0 Å². The number of anilines is 1. The fourth-order valence-corrected chi connectivity index (χ4v) is 2.37. The van der Waals surface area contributed by atoms with E-state index in [4.69, 9.17) is 4.52 Å². The van der Waals surface area contributed by atoms with Gasteiger partial charge in [0.2, 0.25) is 11.8 Å². The van der Waals surface area contributed by atoms with E-state index in [0.717, 1.165) is 26.2 Å². The fourth-order valence-electron chi connectivity index (χ4n) is 2.37. The molecule has 22 heavy (non-hydrogen) atoms. The van der Waals surface area contributed by atoms with Crippen molar-refractivity contribution in [2.75, 3.05) is 51.1 Å². The lowest BCUT2D eigenvalue weighted by Crippen LogP contribution is -2.51. The molecule has 8 heteroatoms. The third-order valence-electron chi connectivity index (χ3n) is 3.47. The highest BCUT2D eigenvalue weighted by atomic mass is 16.5. The number of hydrogen-bond acceptors (Lipinski definition) is 6. The van der Waals surface area contributed by atoms with Crippen LogP contribution in [-0.2, 0) is 9.59 Å². The van der Waals surface area contributed by atoms with Gasteiger partial charge in [-0.15, -0.1) is 0 Å². The average Bonchev–Trinajstić information content (AvgIpc) is 2.86. The molecule has 0 saturated carbocycles. The van der Waals surface area contributed by atoms with Gasteiger partial charge in [0, 0.05) is 38.8 Å². The third-order valence-corrected chi connectivity index (χ3v) is 3.47. The van der Waals surface area contributed by atoms with Gasteiger partial charge in [-0.1, -0.05) is 5.16 Å². The van der Waals surface area contributed by atoms with Gasteiger partial charge in [-0.05, 0) is 13.8 Å². The Balaban J connectivity index is 1.68. The molecule has 1 fully saturated rings. The number of piperazine rings is 1. The topological polar surface area (TPSA) is 90.7 Å². The van der Waals surface area contributed by atoms with Crippen molar-refractivity contribution in [3.63, 3.8) is 0 Å². The van der Waals surface area contributed by atoms with E-state index >= 15 is 0 Å². The number of rotatable bonds is 6. The monoisotopic (exact) mass is 309 g/mol. The predicted octanol–water partition coefficient (Wildman–Crippen LogP) is -0.325. The second-order valence-electron chi connectivity index (χ2n) is 5.38. The lowest BCUT2D eigenvalue weighted by atomic mass is 10.3. The number of aromatic nitrogens is 1. The van der Waals surface area contributed by atoms with Crippen LogP contribution in [0.1, 0.15) is 12.7 Å². The fraction of sp³-hybridized carbons (Fsp3) is 0.643. The summed E-state index contributed by atoms with van der Waals surface area (Å²) in [6, 6.07) is 1.68. The summed E-state index contributed by atoms with van der Waals surface area (Å²) in [7, 11) is 0. The maximum atomic E-state index is 11.9. The van der Waals surface area contributed by atoms with Gasteiger partial charge in [-0.3, -0.25) is 19.4 Å². The molecule has 2 N–H and O–H groups in total. The Kier molecular flexibility index (Phi) is 5.91. The van der Waals surface area contributed by atoms with E-state index in [0.29, 0.717) is 31.2 Å². The summed E-state index contributed by atoms with van der Waals surface area (Å²) in [4.78, 5) is 27.6. The Morgan fingerprint density at radius 3 is 2.27 bits per heavy atom. The second kappa shape index (κ2) is 7.90. The molecule has 0 aromatic carbocycles. The zero-order valence-electron chi connectivity index (χ0n) is 13.1. The minimum absolute atomic E-state index is 0.0510. The van der Waals surface area contributed by atoms with Gasteiger partial charge in [0.05, 0.1) is 13.1 Å². The van der Waals surface area contributed by atoms with Gasteiger partial charge in [0.25, 0.3) is 0 Å². The predicted molar refractivity (Wildman–Crippen MR) is 81.4 cm³/mol. The molecular formula is C14H23N5O3. The molecule has 2 rings (SSSR count). The largest absolute Gasteiger partial charge is 0.360 e. The summed E-state index contributed by atoms with van der Waals surface area (Å²) < 4.78 is 4.90. The van der Waals surface area contributed by atoms with Crippen LogP contribution in [0.25, 0.3) is 0 Å². The molecule has 0 bridgehead atoms. The number of nitrogens with zero attached hydrogens (tertiary/aromatic N) is 3. The van der Waals surface area contributed by atoms with Crippen LogP contribution in [0.5, 0.6) is 0 Å². The lowest BCUT2D eigenvalue weighted by Gasteiger charge is -2.33. The lowest BCUT2D eigenvalue weighted by molar-refractivity contribution is -0.123. The van der Waals surface area contributed by atoms with Crippen molar-refractivity contribution in [2.24, 2.45) is 0 Å². The maximum Gasteiger partial charge on any atom is 0.239 e. The maximum absolute atomic E-state index is 11.9. The van der Waals surface area contributed by atoms with Crippen LogP contribution < -0.4 is 10.6 Å². The SMILES string of the molecule is CCNC(=O)CN1CCN(CC(=O)Nc2cc(C)on2)CC1. The highest BCUT2D eigenvalue weighted by Gasteiger charge is 2.20. The summed E-state index contributed by atoms with van der Waals surface area (Å²) in [5, 5.41) is 9.23. The first kappa shape index (κ1) is 16.4. The molecule has 2 amide bonds. The quantitative estimate of drug-likeness (QED) is 0.748. The molecule has 2 heterocycles. The van der Waals surface area contributed by atoms with Crippen LogP contribution in [0.3, 0.4) is 0 Å². The van der Waals surface area contributed by atoms with Gasteiger partial charge in [-0.25, -0.2) is 0 Å². The summed E-state index contributed by atoms with van der Waals surface area (Å²) in [5.74, 6) is 1.05. The summed E-state index contributed by atoms with van der Waals surface area (Å²) >= 11 is 0. The van der Waals surface area contributed by atoms with Crippen LogP contribution in [-0.4, -0.2) is 72.6 Å². The number of likely N-dealkylation sites (N-methyl/N-ethyl adjacent to an activating group) is 1. The van der Waals surface area contributed by atoms with Crippen molar-refractivity contribution in [1.82, 2.24) is 20.3 Å². The van der Waals surface area contributed by atoms with Crippen LogP contribution in [0.4, 0.5) is 5.82 Å². The minimum Gasteiger partial charge on any atom is -0.360 e. The van der Waals surface area contributed by atoms with E-state index in [1.807, 2.05) is 6.92 Å². The molecule has 0 atom stereocenters. The Labute approximate surface area is 129 Å². The molecular weight excluding hydrogens is 286 g/mol. The number of carbonyl (C=O) groups is 2. The van der Waals surface area contributed by atoms with Crippen molar-refractivity contribution in [1.29, 1.82) is 0 Å². The standard InChI is InChI=1S/C14H23N5O3/c1-3-15-13(20)9-18-4-6-19(7-5-18)10-14(21)16-12-8-11(2)22-17-12/h8H,3-7,9-10H2,1-2H3,(H,15,20)(H,16,17,21). The first-order valence-corrected chi connectivity index (χ1v) is 7.51.